The molecule has 5 nitrogen and oxygen atoms in total. The average molecular weight is 340 g/mol. The molecule has 2 rings (SSSR count). The van der Waals surface area contributed by atoms with Gasteiger partial charge in [-0.05, 0) is 30.3 Å². The summed E-state index contributed by atoms with van der Waals surface area (Å²) in [5.41, 5.74) is 0.286. The van der Waals surface area contributed by atoms with Crippen molar-refractivity contribution in [2.24, 2.45) is 0 Å². The van der Waals surface area contributed by atoms with Crippen molar-refractivity contribution in [1.82, 2.24) is 5.32 Å². The number of benzene rings is 2. The average Bonchev–Trinajstić information content (AvgIpc) is 2.51. The van der Waals surface area contributed by atoms with E-state index in [1.165, 1.54) is 30.3 Å². The number of nitrogens with one attached hydrogen (secondary N) is 3. The second-order valence-corrected chi connectivity index (χ2v) is 4.87. The minimum atomic E-state index is -0.684. The van der Waals surface area contributed by atoms with E-state index in [0.29, 0.717) is 0 Å². The molecule has 23 heavy (non-hydrogen) atoms. The van der Waals surface area contributed by atoms with Crippen LogP contribution in [0.2, 0.25) is 5.02 Å². The molecule has 2 aromatic carbocycles. The number of rotatable bonds is 4. The van der Waals surface area contributed by atoms with E-state index < -0.39 is 23.6 Å². The predicted octanol–water partition coefficient (Wildman–Crippen LogP) is 3.38. The maximum Gasteiger partial charge on any atom is 0.319 e. The fourth-order valence-corrected chi connectivity index (χ4v) is 1.85. The molecule has 0 aliphatic heterocycles. The van der Waals surface area contributed by atoms with Gasteiger partial charge in [-0.3, -0.25) is 4.79 Å². The van der Waals surface area contributed by atoms with Crippen LogP contribution in [0.15, 0.2) is 42.5 Å². The van der Waals surface area contributed by atoms with E-state index in [0.717, 1.165) is 6.07 Å². The molecule has 3 N–H and O–H groups in total. The zero-order valence-corrected chi connectivity index (χ0v) is 12.5. The van der Waals surface area contributed by atoms with Crippen molar-refractivity contribution in [3.63, 3.8) is 0 Å². The summed E-state index contributed by atoms with van der Waals surface area (Å²) in [5, 5.41) is 6.85. The quantitative estimate of drug-likeness (QED) is 0.799. The van der Waals surface area contributed by atoms with Gasteiger partial charge in [0.15, 0.2) is 0 Å². The standard InChI is InChI=1S/C15H12ClF2N3O2/c16-10-7-9(5-6-11(10)17)20-15(23)19-8-14(22)21-13-4-2-1-3-12(13)18/h1-7H,8H2,(H,21,22)(H2,19,20,23). The Kier molecular flexibility index (Phi) is 5.48. The molecule has 0 aliphatic rings. The molecule has 2 aromatic rings. The smallest absolute Gasteiger partial charge is 0.319 e. The van der Waals surface area contributed by atoms with Crippen LogP contribution in [0.3, 0.4) is 0 Å². The van der Waals surface area contributed by atoms with Crippen molar-refractivity contribution in [1.29, 1.82) is 0 Å². The molecule has 3 amide bonds. The van der Waals surface area contributed by atoms with Crippen molar-refractivity contribution < 1.29 is 18.4 Å². The lowest BCUT2D eigenvalue weighted by Crippen LogP contribution is -2.35. The lowest BCUT2D eigenvalue weighted by Gasteiger charge is -2.09. The largest absolute Gasteiger partial charge is 0.329 e. The first-order chi connectivity index (χ1) is 11.0. The van der Waals surface area contributed by atoms with Crippen molar-refractivity contribution in [2.45, 2.75) is 0 Å². The molecule has 0 bridgehead atoms. The van der Waals surface area contributed by atoms with Crippen LogP contribution in [0.4, 0.5) is 25.0 Å². The molecule has 120 valence electrons. The van der Waals surface area contributed by atoms with Gasteiger partial charge in [-0.15, -0.1) is 0 Å². The molecule has 0 aliphatic carbocycles. The van der Waals surface area contributed by atoms with Crippen LogP contribution in [0, 0.1) is 11.6 Å². The first-order valence-electron chi connectivity index (χ1n) is 6.50. The third-order valence-corrected chi connectivity index (χ3v) is 3.02. The molecule has 0 radical (unpaired) electrons. The van der Waals surface area contributed by atoms with Crippen LogP contribution in [-0.4, -0.2) is 18.5 Å². The highest BCUT2D eigenvalue weighted by atomic mass is 35.5. The zero-order valence-electron chi connectivity index (χ0n) is 11.7. The number of urea groups is 1. The van der Waals surface area contributed by atoms with E-state index in [1.807, 2.05) is 0 Å². The van der Waals surface area contributed by atoms with Crippen LogP contribution in [0.1, 0.15) is 0 Å². The fraction of sp³-hybridized carbons (Fsp3) is 0.0667. The molecular weight excluding hydrogens is 328 g/mol. The van der Waals surface area contributed by atoms with Gasteiger partial charge in [0.25, 0.3) is 0 Å². The molecule has 8 heteroatoms. The van der Waals surface area contributed by atoms with E-state index in [1.54, 1.807) is 6.07 Å². The summed E-state index contributed by atoms with van der Waals surface area (Å²) < 4.78 is 26.3. The van der Waals surface area contributed by atoms with Crippen LogP contribution >= 0.6 is 11.6 Å². The maximum atomic E-state index is 13.3. The Morgan fingerprint density at radius 1 is 1.00 bits per heavy atom. The minimum Gasteiger partial charge on any atom is -0.329 e. The van der Waals surface area contributed by atoms with E-state index in [2.05, 4.69) is 16.0 Å². The van der Waals surface area contributed by atoms with Crippen molar-refractivity contribution in [2.75, 3.05) is 17.2 Å². The van der Waals surface area contributed by atoms with Gasteiger partial charge in [0.05, 0.1) is 17.3 Å². The van der Waals surface area contributed by atoms with Crippen LogP contribution in [0.25, 0.3) is 0 Å². The van der Waals surface area contributed by atoms with Gasteiger partial charge in [-0.1, -0.05) is 23.7 Å². The van der Waals surface area contributed by atoms with E-state index >= 15 is 0 Å². The summed E-state index contributed by atoms with van der Waals surface area (Å²) in [6.07, 6.45) is 0. The molecule has 0 heterocycles. The number of halogens is 3. The molecule has 0 atom stereocenters. The molecule has 0 saturated carbocycles. The number of para-hydroxylation sites is 1. The molecule has 0 spiro atoms. The van der Waals surface area contributed by atoms with Gasteiger partial charge >= 0.3 is 6.03 Å². The fourth-order valence-electron chi connectivity index (χ4n) is 1.67. The minimum absolute atomic E-state index is 0.0185. The monoisotopic (exact) mass is 339 g/mol. The van der Waals surface area contributed by atoms with E-state index in [-0.39, 0.29) is 22.9 Å². The number of anilines is 2. The lowest BCUT2D eigenvalue weighted by atomic mass is 10.3. The first kappa shape index (κ1) is 16.7. The Morgan fingerprint density at radius 3 is 2.43 bits per heavy atom. The van der Waals surface area contributed by atoms with Gasteiger partial charge in [-0.25, -0.2) is 13.6 Å². The van der Waals surface area contributed by atoms with E-state index in [9.17, 15) is 18.4 Å². The summed E-state index contributed by atoms with van der Waals surface area (Å²) in [7, 11) is 0. The molecule has 0 fully saturated rings. The normalized spacial score (nSPS) is 10.0. The molecule has 0 saturated heterocycles. The highest BCUT2D eigenvalue weighted by molar-refractivity contribution is 6.31. The van der Waals surface area contributed by atoms with Crippen molar-refractivity contribution >= 4 is 34.9 Å². The lowest BCUT2D eigenvalue weighted by molar-refractivity contribution is -0.115. The number of carbonyl (C=O) groups is 2. The number of hydrogen-bond donors (Lipinski definition) is 3. The SMILES string of the molecule is O=C(CNC(=O)Nc1ccc(F)c(Cl)c1)Nc1ccccc1F. The molecular formula is C15H12ClF2N3O2. The van der Waals surface area contributed by atoms with Gasteiger partial charge in [0.1, 0.15) is 11.6 Å². The Labute approximate surface area is 135 Å². The van der Waals surface area contributed by atoms with Crippen LogP contribution < -0.4 is 16.0 Å². The van der Waals surface area contributed by atoms with Crippen molar-refractivity contribution in [3.05, 3.63) is 59.1 Å². The Balaban J connectivity index is 1.83. The summed E-state index contributed by atoms with van der Waals surface area (Å²) in [6, 6.07) is 8.62. The Morgan fingerprint density at radius 2 is 1.74 bits per heavy atom. The van der Waals surface area contributed by atoms with E-state index in [4.69, 9.17) is 11.6 Å². The van der Waals surface area contributed by atoms with Gasteiger partial charge in [0, 0.05) is 5.69 Å². The first-order valence-corrected chi connectivity index (χ1v) is 6.88. The van der Waals surface area contributed by atoms with Crippen LogP contribution in [0.5, 0.6) is 0 Å². The maximum absolute atomic E-state index is 13.3. The van der Waals surface area contributed by atoms with Gasteiger partial charge < -0.3 is 16.0 Å². The highest BCUT2D eigenvalue weighted by Gasteiger charge is 2.09. The Hall–Kier alpha value is -2.67. The van der Waals surface area contributed by atoms with Gasteiger partial charge in [0.2, 0.25) is 5.91 Å². The second kappa shape index (κ2) is 7.55. The predicted molar refractivity (Wildman–Crippen MR) is 83.5 cm³/mol. The number of carbonyl (C=O) groups excluding carboxylic acids is 2. The third kappa shape index (κ3) is 4.93. The van der Waals surface area contributed by atoms with Crippen molar-refractivity contribution in [3.8, 4) is 0 Å². The molecule has 0 unspecified atom stereocenters. The second-order valence-electron chi connectivity index (χ2n) is 4.46. The summed E-state index contributed by atoms with van der Waals surface area (Å²) in [6.45, 7) is -0.366. The Bertz CT molecular complexity index is 740. The topological polar surface area (TPSA) is 70.2 Å². The summed E-state index contributed by atoms with van der Waals surface area (Å²) in [5.74, 6) is -1.78. The zero-order chi connectivity index (χ0) is 16.8. The summed E-state index contributed by atoms with van der Waals surface area (Å²) in [4.78, 5) is 23.2. The number of hydrogen-bond acceptors (Lipinski definition) is 2. The summed E-state index contributed by atoms with van der Waals surface area (Å²) >= 11 is 5.58. The third-order valence-electron chi connectivity index (χ3n) is 2.73. The van der Waals surface area contributed by atoms with Gasteiger partial charge in [-0.2, -0.15) is 0 Å². The highest BCUT2D eigenvalue weighted by Crippen LogP contribution is 2.19. The number of amides is 3. The van der Waals surface area contributed by atoms with Crippen LogP contribution in [-0.2, 0) is 4.79 Å². The molecule has 0 aromatic heterocycles.